The summed E-state index contributed by atoms with van der Waals surface area (Å²) < 4.78 is 31.2. The summed E-state index contributed by atoms with van der Waals surface area (Å²) in [6, 6.07) is 1.73. The molecule has 1 fully saturated rings. The van der Waals surface area contributed by atoms with Gasteiger partial charge in [-0.3, -0.25) is 0 Å². The third-order valence-corrected chi connectivity index (χ3v) is 4.50. The number of rotatable bonds is 5. The summed E-state index contributed by atoms with van der Waals surface area (Å²) in [5.74, 6) is 1.06. The van der Waals surface area contributed by atoms with Gasteiger partial charge in [-0.05, 0) is 38.8 Å². The van der Waals surface area contributed by atoms with Crippen LogP contribution in [-0.4, -0.2) is 32.4 Å². The van der Waals surface area contributed by atoms with E-state index in [1.807, 2.05) is 0 Å². The van der Waals surface area contributed by atoms with E-state index in [-0.39, 0.29) is 18.2 Å². The van der Waals surface area contributed by atoms with Crippen LogP contribution in [0.5, 0.6) is 0 Å². The molecule has 2 heterocycles. The molecule has 1 unspecified atom stereocenters. The standard InChI is InChI=1S/C11H19N3O3S/c1-9-5-11(14-17-9)7-13-18(15,16)8-10-3-2-4-12-6-10/h5,10,12-13H,2-4,6-8H2,1H3. The van der Waals surface area contributed by atoms with Crippen molar-refractivity contribution in [2.75, 3.05) is 18.8 Å². The van der Waals surface area contributed by atoms with Crippen LogP contribution in [0, 0.1) is 12.8 Å². The van der Waals surface area contributed by atoms with E-state index in [1.165, 1.54) is 0 Å². The molecule has 1 aliphatic heterocycles. The highest BCUT2D eigenvalue weighted by Crippen LogP contribution is 2.12. The second-order valence-electron chi connectivity index (χ2n) is 4.74. The van der Waals surface area contributed by atoms with Crippen LogP contribution in [0.4, 0.5) is 0 Å². The average molecular weight is 273 g/mol. The SMILES string of the molecule is Cc1cc(CNS(=O)(=O)CC2CCCNC2)no1. The van der Waals surface area contributed by atoms with Crippen molar-refractivity contribution in [3.8, 4) is 0 Å². The quantitative estimate of drug-likeness (QED) is 0.811. The summed E-state index contributed by atoms with van der Waals surface area (Å²) in [6.07, 6.45) is 2.01. The normalized spacial score (nSPS) is 21.1. The van der Waals surface area contributed by atoms with Crippen molar-refractivity contribution in [3.05, 3.63) is 17.5 Å². The van der Waals surface area contributed by atoms with Crippen molar-refractivity contribution < 1.29 is 12.9 Å². The van der Waals surface area contributed by atoms with Gasteiger partial charge >= 0.3 is 0 Å². The zero-order chi connectivity index (χ0) is 13.0. The van der Waals surface area contributed by atoms with Crippen LogP contribution in [0.1, 0.15) is 24.3 Å². The van der Waals surface area contributed by atoms with Crippen molar-refractivity contribution in [2.24, 2.45) is 5.92 Å². The molecular formula is C11H19N3O3S. The summed E-state index contributed by atoms with van der Waals surface area (Å²) in [7, 11) is -3.24. The van der Waals surface area contributed by atoms with E-state index in [0.29, 0.717) is 11.5 Å². The summed E-state index contributed by atoms with van der Waals surface area (Å²) >= 11 is 0. The molecule has 0 bridgehead atoms. The van der Waals surface area contributed by atoms with Gasteiger partial charge in [0.2, 0.25) is 10.0 Å². The second kappa shape index (κ2) is 5.81. The first-order valence-electron chi connectivity index (χ1n) is 6.15. The maximum absolute atomic E-state index is 11.9. The predicted molar refractivity (Wildman–Crippen MR) is 67.5 cm³/mol. The minimum atomic E-state index is -3.24. The Kier molecular flexibility index (Phi) is 4.36. The summed E-state index contributed by atoms with van der Waals surface area (Å²) in [5, 5.41) is 6.97. The van der Waals surface area contributed by atoms with Gasteiger partial charge in [0.25, 0.3) is 0 Å². The largest absolute Gasteiger partial charge is 0.361 e. The van der Waals surface area contributed by atoms with Crippen LogP contribution in [0.15, 0.2) is 10.6 Å². The van der Waals surface area contributed by atoms with Gasteiger partial charge < -0.3 is 9.84 Å². The minimum absolute atomic E-state index is 0.177. The third-order valence-electron chi connectivity index (χ3n) is 3.00. The predicted octanol–water partition coefficient (Wildman–Crippen LogP) is 0.402. The number of aryl methyl sites for hydroxylation is 1. The van der Waals surface area contributed by atoms with Gasteiger partial charge in [0.05, 0.1) is 18.0 Å². The molecule has 2 rings (SSSR count). The van der Waals surface area contributed by atoms with Crippen molar-refractivity contribution >= 4 is 10.0 Å². The molecule has 7 heteroatoms. The lowest BCUT2D eigenvalue weighted by molar-refractivity contribution is 0.389. The average Bonchev–Trinajstić information content (AvgIpc) is 2.74. The molecule has 0 aliphatic carbocycles. The fourth-order valence-electron chi connectivity index (χ4n) is 2.12. The number of piperidine rings is 1. The van der Waals surface area contributed by atoms with E-state index >= 15 is 0 Å². The van der Waals surface area contributed by atoms with E-state index < -0.39 is 10.0 Å². The Bertz CT molecular complexity index is 477. The molecule has 1 aromatic heterocycles. The van der Waals surface area contributed by atoms with Crippen LogP contribution in [0.3, 0.4) is 0 Å². The summed E-state index contributed by atoms with van der Waals surface area (Å²) in [5.41, 5.74) is 0.609. The van der Waals surface area contributed by atoms with Gasteiger partial charge in [0.15, 0.2) is 0 Å². The first-order chi connectivity index (χ1) is 8.55. The van der Waals surface area contributed by atoms with Crippen molar-refractivity contribution in [3.63, 3.8) is 0 Å². The highest BCUT2D eigenvalue weighted by atomic mass is 32.2. The fraction of sp³-hybridized carbons (Fsp3) is 0.727. The highest BCUT2D eigenvalue weighted by Gasteiger charge is 2.21. The number of nitrogens with zero attached hydrogens (tertiary/aromatic N) is 1. The van der Waals surface area contributed by atoms with Crippen molar-refractivity contribution in [1.29, 1.82) is 0 Å². The van der Waals surface area contributed by atoms with Gasteiger partial charge in [-0.15, -0.1) is 0 Å². The smallest absolute Gasteiger partial charge is 0.212 e. The molecule has 1 atom stereocenters. The molecule has 6 nitrogen and oxygen atoms in total. The van der Waals surface area contributed by atoms with E-state index in [9.17, 15) is 8.42 Å². The maximum atomic E-state index is 11.9. The van der Waals surface area contributed by atoms with Crippen LogP contribution >= 0.6 is 0 Å². The van der Waals surface area contributed by atoms with E-state index in [1.54, 1.807) is 13.0 Å². The molecule has 18 heavy (non-hydrogen) atoms. The minimum Gasteiger partial charge on any atom is -0.361 e. The Morgan fingerprint density at radius 3 is 3.06 bits per heavy atom. The first kappa shape index (κ1) is 13.5. The lowest BCUT2D eigenvalue weighted by atomic mass is 10.0. The van der Waals surface area contributed by atoms with Crippen molar-refractivity contribution in [2.45, 2.75) is 26.3 Å². The molecule has 0 radical (unpaired) electrons. The van der Waals surface area contributed by atoms with E-state index in [0.717, 1.165) is 25.9 Å². The number of aromatic nitrogens is 1. The lowest BCUT2D eigenvalue weighted by Crippen LogP contribution is -2.37. The van der Waals surface area contributed by atoms with Gasteiger partial charge in [0, 0.05) is 6.07 Å². The maximum Gasteiger partial charge on any atom is 0.212 e. The topological polar surface area (TPSA) is 84.2 Å². The Morgan fingerprint density at radius 1 is 1.61 bits per heavy atom. The Hall–Kier alpha value is -0.920. The van der Waals surface area contributed by atoms with E-state index in [2.05, 4.69) is 15.2 Å². The lowest BCUT2D eigenvalue weighted by Gasteiger charge is -2.22. The van der Waals surface area contributed by atoms with Crippen LogP contribution < -0.4 is 10.0 Å². The van der Waals surface area contributed by atoms with Crippen LogP contribution in [0.2, 0.25) is 0 Å². The zero-order valence-electron chi connectivity index (χ0n) is 10.5. The highest BCUT2D eigenvalue weighted by molar-refractivity contribution is 7.89. The van der Waals surface area contributed by atoms with Crippen molar-refractivity contribution in [1.82, 2.24) is 15.2 Å². The summed E-state index contributed by atoms with van der Waals surface area (Å²) in [4.78, 5) is 0. The number of sulfonamides is 1. The number of hydrogen-bond donors (Lipinski definition) is 2. The zero-order valence-corrected chi connectivity index (χ0v) is 11.3. The molecule has 0 aromatic carbocycles. The molecule has 102 valence electrons. The number of nitrogens with one attached hydrogen (secondary N) is 2. The Morgan fingerprint density at radius 2 is 2.44 bits per heavy atom. The van der Waals surface area contributed by atoms with Gasteiger partial charge in [-0.1, -0.05) is 5.16 Å². The third kappa shape index (κ3) is 4.08. The molecule has 0 saturated carbocycles. The molecule has 1 aromatic rings. The molecule has 0 spiro atoms. The Labute approximate surface area is 107 Å². The van der Waals surface area contributed by atoms with Crippen LogP contribution in [0.25, 0.3) is 0 Å². The fourth-order valence-corrected chi connectivity index (χ4v) is 3.51. The first-order valence-corrected chi connectivity index (χ1v) is 7.81. The summed E-state index contributed by atoms with van der Waals surface area (Å²) in [6.45, 7) is 3.74. The molecule has 0 amide bonds. The number of hydrogen-bond acceptors (Lipinski definition) is 5. The molecular weight excluding hydrogens is 254 g/mol. The molecule has 1 saturated heterocycles. The van der Waals surface area contributed by atoms with Crippen LogP contribution in [-0.2, 0) is 16.6 Å². The Balaban J connectivity index is 1.83. The second-order valence-corrected chi connectivity index (χ2v) is 6.60. The molecule has 1 aliphatic rings. The van der Waals surface area contributed by atoms with E-state index in [4.69, 9.17) is 4.52 Å². The van der Waals surface area contributed by atoms with Gasteiger partial charge in [-0.2, -0.15) is 0 Å². The molecule has 2 N–H and O–H groups in total. The van der Waals surface area contributed by atoms with Gasteiger partial charge in [-0.25, -0.2) is 13.1 Å². The van der Waals surface area contributed by atoms with Gasteiger partial charge in [0.1, 0.15) is 5.76 Å². The monoisotopic (exact) mass is 273 g/mol.